The van der Waals surface area contributed by atoms with Crippen LogP contribution in [0.4, 0.5) is 4.39 Å². The Labute approximate surface area is 122 Å². The molecule has 0 bridgehead atoms. The molecule has 20 heavy (non-hydrogen) atoms. The second-order valence-corrected chi connectivity index (χ2v) is 3.84. The number of hydrogen-bond acceptors (Lipinski definition) is 5. The van der Waals surface area contributed by atoms with Gasteiger partial charge in [0.15, 0.2) is 0 Å². The third kappa shape index (κ3) is 5.14. The van der Waals surface area contributed by atoms with E-state index >= 15 is 0 Å². The minimum Gasteiger partial charge on any atom is -0.464 e. The Kier molecular flexibility index (Phi) is 7.79. The highest BCUT2D eigenvalue weighted by Gasteiger charge is 2.27. The van der Waals surface area contributed by atoms with Gasteiger partial charge in [0, 0.05) is 6.92 Å². The molecule has 0 aliphatic heterocycles. The summed E-state index contributed by atoms with van der Waals surface area (Å²) in [5.74, 6) is -1.11. The molecule has 0 spiro atoms. The topological polar surface area (TPSA) is 78.6 Å². The molecule has 112 valence electrons. The van der Waals surface area contributed by atoms with E-state index < -0.39 is 24.2 Å². The number of alkyl halides is 1. The highest BCUT2D eigenvalue weighted by Crippen LogP contribution is 2.21. The number of hydrogen-bond donors (Lipinski definition) is 1. The molecule has 0 radical (unpaired) electrons. The van der Waals surface area contributed by atoms with Gasteiger partial charge in [0.1, 0.15) is 5.75 Å². The second kappa shape index (κ2) is 8.50. The van der Waals surface area contributed by atoms with E-state index in [9.17, 15) is 14.0 Å². The first-order valence-electron chi connectivity index (χ1n) is 5.80. The van der Waals surface area contributed by atoms with Gasteiger partial charge >= 0.3 is 11.9 Å². The Balaban J connectivity index is 0.00000361. The van der Waals surface area contributed by atoms with Gasteiger partial charge in [-0.15, -0.1) is 12.4 Å². The van der Waals surface area contributed by atoms with E-state index in [-0.39, 0.29) is 19.0 Å². The molecule has 1 rings (SSSR count). The predicted molar refractivity (Wildman–Crippen MR) is 73.5 cm³/mol. The summed E-state index contributed by atoms with van der Waals surface area (Å²) in [6, 6.07) is 4.83. The van der Waals surface area contributed by atoms with Crippen molar-refractivity contribution >= 4 is 24.3 Å². The molecule has 1 unspecified atom stereocenters. The number of benzene rings is 1. The first-order valence-corrected chi connectivity index (χ1v) is 5.80. The van der Waals surface area contributed by atoms with Crippen LogP contribution in [0.15, 0.2) is 24.3 Å². The summed E-state index contributed by atoms with van der Waals surface area (Å²) in [6.07, 6.45) is -1.93. The van der Waals surface area contributed by atoms with E-state index in [4.69, 9.17) is 10.5 Å². The van der Waals surface area contributed by atoms with Crippen molar-refractivity contribution in [3.8, 4) is 5.75 Å². The number of rotatable bonds is 5. The van der Waals surface area contributed by atoms with Crippen LogP contribution in [0.25, 0.3) is 0 Å². The quantitative estimate of drug-likeness (QED) is 0.664. The number of nitrogens with two attached hydrogens (primary N) is 1. The van der Waals surface area contributed by atoms with Crippen molar-refractivity contribution in [1.29, 1.82) is 0 Å². The minimum atomic E-state index is -1.93. The Hall–Kier alpha value is -1.66. The molecule has 0 saturated carbocycles. The third-order valence-electron chi connectivity index (χ3n) is 2.35. The Morgan fingerprint density at radius 1 is 1.30 bits per heavy atom. The highest BCUT2D eigenvalue weighted by molar-refractivity contribution is 5.85. The van der Waals surface area contributed by atoms with Crippen LogP contribution in [0.3, 0.4) is 0 Å². The van der Waals surface area contributed by atoms with Crippen LogP contribution in [-0.4, -0.2) is 24.7 Å². The molecule has 5 nitrogen and oxygen atoms in total. The first kappa shape index (κ1) is 18.3. The van der Waals surface area contributed by atoms with Crippen molar-refractivity contribution in [2.24, 2.45) is 5.73 Å². The zero-order chi connectivity index (χ0) is 14.4. The fourth-order valence-electron chi connectivity index (χ4n) is 1.46. The molecule has 1 aromatic carbocycles. The minimum absolute atomic E-state index is 0. The summed E-state index contributed by atoms with van der Waals surface area (Å²) in [5, 5.41) is 0. The van der Waals surface area contributed by atoms with Crippen molar-refractivity contribution in [3.63, 3.8) is 0 Å². The van der Waals surface area contributed by atoms with Crippen molar-refractivity contribution in [3.05, 3.63) is 29.8 Å². The van der Waals surface area contributed by atoms with Crippen LogP contribution >= 0.6 is 12.4 Å². The molecule has 7 heteroatoms. The standard InChI is InChI=1S/C13H16FNO4.ClH/c1-3-18-13(17)11(14)12(15)9-4-6-10(7-5-9)19-8(2)16;/h4-7,11-12H,3,15H2,1-2H3;1H/t11?,12-;/m0./s1. The van der Waals surface area contributed by atoms with Crippen molar-refractivity contribution < 1.29 is 23.5 Å². The molecular weight excluding hydrogens is 289 g/mol. The normalized spacial score (nSPS) is 12.8. The second-order valence-electron chi connectivity index (χ2n) is 3.84. The number of ether oxygens (including phenoxy) is 2. The molecule has 0 amide bonds. The van der Waals surface area contributed by atoms with Gasteiger partial charge in [0.05, 0.1) is 12.6 Å². The summed E-state index contributed by atoms with van der Waals surface area (Å²) < 4.78 is 23.1. The molecular formula is C13H17ClFNO4. The Morgan fingerprint density at radius 3 is 2.30 bits per heavy atom. The van der Waals surface area contributed by atoms with Gasteiger partial charge in [-0.25, -0.2) is 9.18 Å². The Bertz CT molecular complexity index is 452. The first-order chi connectivity index (χ1) is 8.95. The lowest BCUT2D eigenvalue weighted by Gasteiger charge is -2.16. The number of halogens is 2. The van der Waals surface area contributed by atoms with Gasteiger partial charge in [0.2, 0.25) is 6.17 Å². The van der Waals surface area contributed by atoms with E-state index in [1.165, 1.54) is 31.2 Å². The van der Waals surface area contributed by atoms with E-state index in [0.717, 1.165) is 0 Å². The average Bonchev–Trinajstić information content (AvgIpc) is 2.37. The summed E-state index contributed by atoms with van der Waals surface area (Å²) in [6.45, 7) is 2.96. The van der Waals surface area contributed by atoms with Crippen LogP contribution in [0.2, 0.25) is 0 Å². The molecule has 0 aliphatic rings. The van der Waals surface area contributed by atoms with E-state index in [0.29, 0.717) is 11.3 Å². The molecule has 0 aliphatic carbocycles. The monoisotopic (exact) mass is 305 g/mol. The zero-order valence-corrected chi connectivity index (χ0v) is 12.0. The predicted octanol–water partition coefficient (Wildman–Crippen LogP) is 1.93. The number of carbonyl (C=O) groups excluding carboxylic acids is 2. The SMILES string of the molecule is CCOC(=O)C(F)[C@@H](N)c1ccc(OC(C)=O)cc1.Cl. The molecule has 0 aromatic heterocycles. The summed E-state index contributed by atoms with van der Waals surface area (Å²) in [5.41, 5.74) is 6.05. The summed E-state index contributed by atoms with van der Waals surface area (Å²) in [4.78, 5) is 22.0. The van der Waals surface area contributed by atoms with E-state index in [1.54, 1.807) is 6.92 Å². The van der Waals surface area contributed by atoms with Crippen LogP contribution in [-0.2, 0) is 14.3 Å². The third-order valence-corrected chi connectivity index (χ3v) is 2.35. The number of carbonyl (C=O) groups is 2. The van der Waals surface area contributed by atoms with Crippen LogP contribution in [0.5, 0.6) is 5.75 Å². The van der Waals surface area contributed by atoms with Gasteiger partial charge in [0.25, 0.3) is 0 Å². The van der Waals surface area contributed by atoms with Crippen LogP contribution in [0, 0.1) is 0 Å². The van der Waals surface area contributed by atoms with Gasteiger partial charge < -0.3 is 15.2 Å². The average molecular weight is 306 g/mol. The van der Waals surface area contributed by atoms with Crippen molar-refractivity contribution in [2.45, 2.75) is 26.1 Å². The van der Waals surface area contributed by atoms with Gasteiger partial charge in [-0.3, -0.25) is 4.79 Å². The van der Waals surface area contributed by atoms with E-state index in [1.807, 2.05) is 0 Å². The fraction of sp³-hybridized carbons (Fsp3) is 0.385. The van der Waals surface area contributed by atoms with Crippen molar-refractivity contribution in [2.75, 3.05) is 6.61 Å². The maximum atomic E-state index is 13.7. The van der Waals surface area contributed by atoms with Gasteiger partial charge in [-0.1, -0.05) is 12.1 Å². The fourth-order valence-corrected chi connectivity index (χ4v) is 1.46. The Morgan fingerprint density at radius 2 is 1.85 bits per heavy atom. The maximum absolute atomic E-state index is 13.7. The molecule has 2 N–H and O–H groups in total. The van der Waals surface area contributed by atoms with E-state index in [2.05, 4.69) is 4.74 Å². The molecule has 0 saturated heterocycles. The largest absolute Gasteiger partial charge is 0.464 e. The van der Waals surface area contributed by atoms with Gasteiger partial charge in [-0.2, -0.15) is 0 Å². The smallest absolute Gasteiger partial charge is 0.342 e. The lowest BCUT2D eigenvalue weighted by molar-refractivity contribution is -0.150. The lowest BCUT2D eigenvalue weighted by Crippen LogP contribution is -2.31. The summed E-state index contributed by atoms with van der Waals surface area (Å²) >= 11 is 0. The molecule has 1 aromatic rings. The zero-order valence-electron chi connectivity index (χ0n) is 11.2. The maximum Gasteiger partial charge on any atom is 0.342 e. The molecule has 2 atom stereocenters. The number of esters is 2. The lowest BCUT2D eigenvalue weighted by atomic mass is 10.0. The molecule has 0 fully saturated rings. The molecule has 0 heterocycles. The highest BCUT2D eigenvalue weighted by atomic mass is 35.5. The van der Waals surface area contributed by atoms with Crippen LogP contribution < -0.4 is 10.5 Å². The summed E-state index contributed by atoms with van der Waals surface area (Å²) in [7, 11) is 0. The van der Waals surface area contributed by atoms with Gasteiger partial charge in [-0.05, 0) is 24.6 Å². The van der Waals surface area contributed by atoms with Crippen LogP contribution in [0.1, 0.15) is 25.5 Å². The van der Waals surface area contributed by atoms with Crippen molar-refractivity contribution in [1.82, 2.24) is 0 Å².